The Hall–Kier alpha value is -2.35. The number of benzene rings is 1. The standard InChI is InChI=1S/C16H14ClN3O/c17-14-5-3-12(4-6-14)10-20-16(21)15-7-9-19-11-13(15)2-1-8-18/h3-7,9,11H,8,10,18H2,(H,20,21). The van der Waals surface area contributed by atoms with Gasteiger partial charge in [0.2, 0.25) is 0 Å². The van der Waals surface area contributed by atoms with Gasteiger partial charge in [0.15, 0.2) is 0 Å². The van der Waals surface area contributed by atoms with Crippen LogP contribution in [0.15, 0.2) is 42.7 Å². The molecule has 2 rings (SSSR count). The summed E-state index contributed by atoms with van der Waals surface area (Å²) in [5, 5.41) is 3.51. The van der Waals surface area contributed by atoms with Crippen molar-refractivity contribution in [1.29, 1.82) is 0 Å². The number of carbonyl (C=O) groups is 1. The highest BCUT2D eigenvalue weighted by molar-refractivity contribution is 6.30. The van der Waals surface area contributed by atoms with Gasteiger partial charge >= 0.3 is 0 Å². The SMILES string of the molecule is NCC#Cc1cnccc1C(=O)NCc1ccc(Cl)cc1. The van der Waals surface area contributed by atoms with Crippen LogP contribution in [0.2, 0.25) is 5.02 Å². The molecule has 0 fully saturated rings. The fourth-order valence-electron chi connectivity index (χ4n) is 1.72. The molecule has 1 aromatic heterocycles. The van der Waals surface area contributed by atoms with E-state index in [0.29, 0.717) is 22.7 Å². The Morgan fingerprint density at radius 3 is 2.76 bits per heavy atom. The molecule has 0 saturated heterocycles. The second kappa shape index (κ2) is 7.44. The third-order valence-electron chi connectivity index (χ3n) is 2.76. The molecule has 1 heterocycles. The van der Waals surface area contributed by atoms with Gasteiger partial charge in [-0.15, -0.1) is 0 Å². The molecule has 106 valence electrons. The Bertz CT molecular complexity index is 687. The van der Waals surface area contributed by atoms with Crippen molar-refractivity contribution in [3.05, 3.63) is 64.4 Å². The predicted octanol–water partition coefficient (Wildman–Crippen LogP) is 1.98. The number of amides is 1. The van der Waals surface area contributed by atoms with E-state index in [1.807, 2.05) is 12.1 Å². The first-order valence-corrected chi connectivity index (χ1v) is 6.74. The summed E-state index contributed by atoms with van der Waals surface area (Å²) >= 11 is 5.82. The van der Waals surface area contributed by atoms with Gasteiger partial charge in [-0.2, -0.15) is 0 Å². The van der Waals surface area contributed by atoms with Crippen molar-refractivity contribution in [3.8, 4) is 11.8 Å². The third kappa shape index (κ3) is 4.32. The summed E-state index contributed by atoms with van der Waals surface area (Å²) in [4.78, 5) is 16.2. The molecule has 21 heavy (non-hydrogen) atoms. The van der Waals surface area contributed by atoms with Gasteiger partial charge in [-0.3, -0.25) is 9.78 Å². The molecule has 3 N–H and O–H groups in total. The van der Waals surface area contributed by atoms with E-state index in [4.69, 9.17) is 17.3 Å². The minimum absolute atomic E-state index is 0.200. The van der Waals surface area contributed by atoms with E-state index in [2.05, 4.69) is 22.1 Å². The van der Waals surface area contributed by atoms with Crippen LogP contribution in [0.5, 0.6) is 0 Å². The molecular weight excluding hydrogens is 286 g/mol. The van der Waals surface area contributed by atoms with Crippen molar-refractivity contribution in [2.24, 2.45) is 5.73 Å². The summed E-state index contributed by atoms with van der Waals surface area (Å²) in [5.74, 6) is 5.37. The lowest BCUT2D eigenvalue weighted by Gasteiger charge is -2.07. The number of nitrogens with one attached hydrogen (secondary N) is 1. The summed E-state index contributed by atoms with van der Waals surface area (Å²) in [6, 6.07) is 8.94. The summed E-state index contributed by atoms with van der Waals surface area (Å²) in [6.45, 7) is 0.656. The molecule has 0 bridgehead atoms. The molecule has 0 atom stereocenters. The highest BCUT2D eigenvalue weighted by atomic mass is 35.5. The minimum atomic E-state index is -0.200. The molecule has 0 aliphatic carbocycles. The van der Waals surface area contributed by atoms with E-state index in [0.717, 1.165) is 5.56 Å². The maximum atomic E-state index is 12.2. The average molecular weight is 300 g/mol. The predicted molar refractivity (Wildman–Crippen MR) is 82.8 cm³/mol. The average Bonchev–Trinajstić information content (AvgIpc) is 2.52. The zero-order valence-electron chi connectivity index (χ0n) is 11.3. The number of aromatic nitrogens is 1. The number of rotatable bonds is 3. The van der Waals surface area contributed by atoms with Crippen LogP contribution in [0, 0.1) is 11.8 Å². The fraction of sp³-hybridized carbons (Fsp3) is 0.125. The second-order valence-corrected chi connectivity index (χ2v) is 4.67. The Balaban J connectivity index is 2.08. The van der Waals surface area contributed by atoms with Gasteiger partial charge in [-0.05, 0) is 23.8 Å². The van der Waals surface area contributed by atoms with E-state index in [9.17, 15) is 4.79 Å². The van der Waals surface area contributed by atoms with Crippen LogP contribution >= 0.6 is 11.6 Å². The molecule has 1 aromatic carbocycles. The van der Waals surface area contributed by atoms with Crippen LogP contribution in [-0.4, -0.2) is 17.4 Å². The Kier molecular flexibility index (Phi) is 5.33. The van der Waals surface area contributed by atoms with Gasteiger partial charge < -0.3 is 11.1 Å². The first-order valence-electron chi connectivity index (χ1n) is 6.36. The van der Waals surface area contributed by atoms with Crippen molar-refractivity contribution in [2.45, 2.75) is 6.54 Å². The van der Waals surface area contributed by atoms with Crippen molar-refractivity contribution < 1.29 is 4.79 Å². The highest BCUT2D eigenvalue weighted by Gasteiger charge is 2.09. The van der Waals surface area contributed by atoms with Gasteiger partial charge in [0.05, 0.1) is 17.7 Å². The van der Waals surface area contributed by atoms with Crippen LogP contribution < -0.4 is 11.1 Å². The number of nitrogens with zero attached hydrogens (tertiary/aromatic N) is 1. The molecule has 0 saturated carbocycles. The number of hydrogen-bond acceptors (Lipinski definition) is 3. The maximum absolute atomic E-state index is 12.2. The van der Waals surface area contributed by atoms with Gasteiger partial charge in [-0.25, -0.2) is 0 Å². The van der Waals surface area contributed by atoms with Crippen molar-refractivity contribution in [1.82, 2.24) is 10.3 Å². The Morgan fingerprint density at radius 1 is 1.29 bits per heavy atom. The van der Waals surface area contributed by atoms with E-state index in [1.54, 1.807) is 30.6 Å². The maximum Gasteiger partial charge on any atom is 0.252 e. The Morgan fingerprint density at radius 2 is 2.05 bits per heavy atom. The number of hydrogen-bond donors (Lipinski definition) is 2. The summed E-state index contributed by atoms with van der Waals surface area (Å²) in [6.07, 6.45) is 3.12. The number of carbonyl (C=O) groups excluding carboxylic acids is 1. The molecule has 0 radical (unpaired) electrons. The van der Waals surface area contributed by atoms with Gasteiger partial charge in [-0.1, -0.05) is 35.6 Å². The quantitative estimate of drug-likeness (QED) is 0.852. The van der Waals surface area contributed by atoms with Crippen LogP contribution in [0.1, 0.15) is 21.5 Å². The largest absolute Gasteiger partial charge is 0.348 e. The van der Waals surface area contributed by atoms with Gasteiger partial charge in [0.25, 0.3) is 5.91 Å². The summed E-state index contributed by atoms with van der Waals surface area (Å²) in [5.41, 5.74) is 7.37. The van der Waals surface area contributed by atoms with E-state index < -0.39 is 0 Å². The molecule has 0 spiro atoms. The van der Waals surface area contributed by atoms with Crippen molar-refractivity contribution >= 4 is 17.5 Å². The third-order valence-corrected chi connectivity index (χ3v) is 3.01. The normalized spacial score (nSPS) is 9.62. The van der Waals surface area contributed by atoms with E-state index >= 15 is 0 Å². The lowest BCUT2D eigenvalue weighted by molar-refractivity contribution is 0.0950. The zero-order valence-corrected chi connectivity index (χ0v) is 12.0. The van der Waals surface area contributed by atoms with Crippen LogP contribution in [0.4, 0.5) is 0 Å². The molecule has 5 heteroatoms. The van der Waals surface area contributed by atoms with Crippen LogP contribution in [0.3, 0.4) is 0 Å². The van der Waals surface area contributed by atoms with E-state index in [1.165, 1.54) is 0 Å². The molecular formula is C16H14ClN3O. The highest BCUT2D eigenvalue weighted by Crippen LogP contribution is 2.10. The van der Waals surface area contributed by atoms with Gasteiger partial charge in [0.1, 0.15) is 0 Å². The second-order valence-electron chi connectivity index (χ2n) is 4.24. The number of nitrogens with two attached hydrogens (primary N) is 1. The fourth-order valence-corrected chi connectivity index (χ4v) is 1.84. The smallest absolute Gasteiger partial charge is 0.252 e. The lowest BCUT2D eigenvalue weighted by Crippen LogP contribution is -2.23. The molecule has 1 amide bonds. The number of halogens is 1. The molecule has 4 nitrogen and oxygen atoms in total. The lowest BCUT2D eigenvalue weighted by atomic mass is 10.1. The van der Waals surface area contributed by atoms with E-state index in [-0.39, 0.29) is 12.5 Å². The first kappa shape index (κ1) is 15.0. The zero-order chi connectivity index (χ0) is 15.1. The van der Waals surface area contributed by atoms with Crippen LogP contribution in [-0.2, 0) is 6.54 Å². The molecule has 0 aliphatic heterocycles. The monoisotopic (exact) mass is 299 g/mol. The first-order chi connectivity index (χ1) is 10.2. The summed E-state index contributed by atoms with van der Waals surface area (Å²) in [7, 11) is 0. The molecule has 0 unspecified atom stereocenters. The topological polar surface area (TPSA) is 68.0 Å². The number of pyridine rings is 1. The van der Waals surface area contributed by atoms with Gasteiger partial charge in [0, 0.05) is 24.0 Å². The van der Waals surface area contributed by atoms with Crippen molar-refractivity contribution in [2.75, 3.05) is 6.54 Å². The Labute approximate surface area is 128 Å². The minimum Gasteiger partial charge on any atom is -0.348 e. The van der Waals surface area contributed by atoms with Crippen molar-refractivity contribution in [3.63, 3.8) is 0 Å². The van der Waals surface area contributed by atoms with Crippen LogP contribution in [0.25, 0.3) is 0 Å². The molecule has 0 aliphatic rings. The molecule has 2 aromatic rings. The summed E-state index contributed by atoms with van der Waals surface area (Å²) < 4.78 is 0.